The van der Waals surface area contributed by atoms with Crippen LogP contribution in [0.5, 0.6) is 5.75 Å². The van der Waals surface area contributed by atoms with Gasteiger partial charge in [0.25, 0.3) is 5.91 Å². The number of rotatable bonds is 5. The van der Waals surface area contributed by atoms with E-state index in [2.05, 4.69) is 10.6 Å². The van der Waals surface area contributed by atoms with Gasteiger partial charge in [0.2, 0.25) is 5.91 Å². The first-order valence-electron chi connectivity index (χ1n) is 5.39. The molecule has 3 N–H and O–H groups in total. The number of ether oxygens (including phenoxy) is 1. The third-order valence-corrected chi connectivity index (χ3v) is 2.17. The molecule has 19 heavy (non-hydrogen) atoms. The van der Waals surface area contributed by atoms with E-state index in [1.807, 2.05) is 0 Å². The summed E-state index contributed by atoms with van der Waals surface area (Å²) in [5.74, 6) is -1.58. The summed E-state index contributed by atoms with van der Waals surface area (Å²) in [7, 11) is 1.44. The Hall–Kier alpha value is -2.57. The summed E-state index contributed by atoms with van der Waals surface area (Å²) in [6.07, 6.45) is 0. The predicted molar refractivity (Wildman–Crippen MR) is 67.3 cm³/mol. The fraction of sp³-hybridized carbons (Fsp3) is 0.250. The van der Waals surface area contributed by atoms with Crippen molar-refractivity contribution in [2.75, 3.05) is 19.0 Å². The second kappa shape index (κ2) is 6.39. The number of carboxylic acid groups (broad SMARTS) is 1. The van der Waals surface area contributed by atoms with Crippen LogP contribution in [0.15, 0.2) is 18.2 Å². The number of hydrogen-bond donors (Lipinski definition) is 3. The molecule has 1 aromatic carbocycles. The molecule has 0 aliphatic rings. The number of aliphatic carboxylic acids is 1. The molecule has 0 aliphatic heterocycles. The first-order chi connectivity index (χ1) is 8.93. The van der Waals surface area contributed by atoms with Crippen LogP contribution in [0.3, 0.4) is 0 Å². The van der Waals surface area contributed by atoms with Crippen LogP contribution in [0.25, 0.3) is 0 Å². The van der Waals surface area contributed by atoms with Crippen molar-refractivity contribution in [2.24, 2.45) is 0 Å². The highest BCUT2D eigenvalue weighted by atomic mass is 16.5. The number of carboxylic acids is 1. The van der Waals surface area contributed by atoms with E-state index in [0.717, 1.165) is 0 Å². The second-order valence-corrected chi connectivity index (χ2v) is 3.67. The Morgan fingerprint density at radius 1 is 1.32 bits per heavy atom. The molecule has 0 spiro atoms. The quantitative estimate of drug-likeness (QED) is 0.718. The fourth-order valence-electron chi connectivity index (χ4n) is 1.39. The van der Waals surface area contributed by atoms with Gasteiger partial charge < -0.3 is 20.5 Å². The van der Waals surface area contributed by atoms with Crippen molar-refractivity contribution >= 4 is 23.5 Å². The zero-order valence-corrected chi connectivity index (χ0v) is 10.5. The highest BCUT2D eigenvalue weighted by molar-refractivity contribution is 5.98. The Kier molecular flexibility index (Phi) is 4.87. The molecule has 1 rings (SSSR count). The molecule has 0 saturated heterocycles. The average Bonchev–Trinajstić information content (AvgIpc) is 2.35. The van der Waals surface area contributed by atoms with Crippen LogP contribution in [-0.2, 0) is 9.59 Å². The summed E-state index contributed by atoms with van der Waals surface area (Å²) in [5, 5.41) is 13.2. The van der Waals surface area contributed by atoms with Gasteiger partial charge in [-0.3, -0.25) is 14.4 Å². The number of nitrogens with one attached hydrogen (secondary N) is 2. The number of amides is 2. The van der Waals surface area contributed by atoms with Crippen molar-refractivity contribution < 1.29 is 24.2 Å². The van der Waals surface area contributed by atoms with Crippen LogP contribution in [0, 0.1) is 0 Å². The van der Waals surface area contributed by atoms with E-state index >= 15 is 0 Å². The Balaban J connectivity index is 2.93. The van der Waals surface area contributed by atoms with Crippen LogP contribution in [0.2, 0.25) is 0 Å². The van der Waals surface area contributed by atoms with Gasteiger partial charge in [-0.1, -0.05) is 0 Å². The summed E-state index contributed by atoms with van der Waals surface area (Å²) < 4.78 is 5.04. The molecule has 7 nitrogen and oxygen atoms in total. The molecule has 102 valence electrons. The van der Waals surface area contributed by atoms with Crippen LogP contribution in [-0.4, -0.2) is 36.5 Å². The van der Waals surface area contributed by atoms with Gasteiger partial charge in [-0.25, -0.2) is 0 Å². The second-order valence-electron chi connectivity index (χ2n) is 3.67. The summed E-state index contributed by atoms with van der Waals surface area (Å²) in [6.45, 7) is 0.858. The molecule has 0 saturated carbocycles. The number of anilines is 1. The maximum atomic E-state index is 11.7. The van der Waals surface area contributed by atoms with Crippen molar-refractivity contribution in [3.8, 4) is 5.75 Å². The number of methoxy groups -OCH3 is 1. The van der Waals surface area contributed by atoms with Gasteiger partial charge in [-0.2, -0.15) is 0 Å². The predicted octanol–water partition coefficient (Wildman–Crippen LogP) is 0.468. The van der Waals surface area contributed by atoms with E-state index in [-0.39, 0.29) is 11.5 Å². The van der Waals surface area contributed by atoms with Gasteiger partial charge in [0.1, 0.15) is 12.3 Å². The maximum Gasteiger partial charge on any atom is 0.322 e. The van der Waals surface area contributed by atoms with Crippen molar-refractivity contribution in [3.63, 3.8) is 0 Å². The minimum absolute atomic E-state index is 0.228. The zero-order chi connectivity index (χ0) is 14.4. The van der Waals surface area contributed by atoms with Gasteiger partial charge >= 0.3 is 5.97 Å². The minimum atomic E-state index is -1.14. The van der Waals surface area contributed by atoms with Crippen LogP contribution in [0.1, 0.15) is 17.3 Å². The highest BCUT2D eigenvalue weighted by Crippen LogP contribution is 2.25. The van der Waals surface area contributed by atoms with E-state index < -0.39 is 18.4 Å². The smallest absolute Gasteiger partial charge is 0.322 e. The maximum absolute atomic E-state index is 11.7. The first kappa shape index (κ1) is 14.5. The number of benzene rings is 1. The lowest BCUT2D eigenvalue weighted by molar-refractivity contribution is -0.135. The van der Waals surface area contributed by atoms with E-state index in [1.54, 1.807) is 0 Å². The molecule has 7 heteroatoms. The van der Waals surface area contributed by atoms with Gasteiger partial charge in [0, 0.05) is 12.5 Å². The molecule has 0 unspecified atom stereocenters. The molecule has 2 amide bonds. The summed E-state index contributed by atoms with van der Waals surface area (Å²) in [6, 6.07) is 4.40. The number of hydrogen-bond acceptors (Lipinski definition) is 4. The number of carbonyl (C=O) groups excluding carboxylic acids is 2. The Labute approximate surface area is 109 Å². The molecule has 0 heterocycles. The lowest BCUT2D eigenvalue weighted by Gasteiger charge is -2.10. The SMILES string of the molecule is COc1ccc(C(=O)NCC(=O)O)cc1NC(C)=O. The first-order valence-corrected chi connectivity index (χ1v) is 5.39. The van der Waals surface area contributed by atoms with E-state index in [1.165, 1.54) is 32.2 Å². The monoisotopic (exact) mass is 266 g/mol. The van der Waals surface area contributed by atoms with Gasteiger partial charge in [-0.05, 0) is 18.2 Å². The Bertz CT molecular complexity index is 513. The van der Waals surface area contributed by atoms with E-state index in [9.17, 15) is 14.4 Å². The summed E-state index contributed by atoms with van der Waals surface area (Å²) >= 11 is 0. The minimum Gasteiger partial charge on any atom is -0.495 e. The highest BCUT2D eigenvalue weighted by Gasteiger charge is 2.11. The molecular formula is C12H14N2O5. The van der Waals surface area contributed by atoms with Crippen molar-refractivity contribution in [1.29, 1.82) is 0 Å². The number of carbonyl (C=O) groups is 3. The standard InChI is InChI=1S/C12H14N2O5/c1-7(15)14-9-5-8(3-4-10(9)19-2)12(18)13-6-11(16)17/h3-5H,6H2,1-2H3,(H,13,18)(H,14,15)(H,16,17). The topological polar surface area (TPSA) is 105 Å². The lowest BCUT2D eigenvalue weighted by Crippen LogP contribution is -2.29. The average molecular weight is 266 g/mol. The Morgan fingerprint density at radius 2 is 2.00 bits per heavy atom. The van der Waals surface area contributed by atoms with Gasteiger partial charge in [0.05, 0.1) is 12.8 Å². The molecular weight excluding hydrogens is 252 g/mol. The van der Waals surface area contributed by atoms with Crippen LogP contribution in [0.4, 0.5) is 5.69 Å². The van der Waals surface area contributed by atoms with Crippen LogP contribution >= 0.6 is 0 Å². The zero-order valence-electron chi connectivity index (χ0n) is 10.5. The van der Waals surface area contributed by atoms with E-state index in [4.69, 9.17) is 9.84 Å². The third-order valence-electron chi connectivity index (χ3n) is 2.17. The third kappa shape index (κ3) is 4.30. The summed E-state index contributed by atoms with van der Waals surface area (Å²) in [4.78, 5) is 33.0. The largest absolute Gasteiger partial charge is 0.495 e. The van der Waals surface area contributed by atoms with E-state index in [0.29, 0.717) is 11.4 Å². The van der Waals surface area contributed by atoms with Crippen molar-refractivity contribution in [1.82, 2.24) is 5.32 Å². The van der Waals surface area contributed by atoms with Crippen LogP contribution < -0.4 is 15.4 Å². The van der Waals surface area contributed by atoms with Gasteiger partial charge in [-0.15, -0.1) is 0 Å². The summed E-state index contributed by atoms with van der Waals surface area (Å²) in [5.41, 5.74) is 0.573. The lowest BCUT2D eigenvalue weighted by atomic mass is 10.1. The normalized spacial score (nSPS) is 9.58. The molecule has 1 aromatic rings. The molecule has 0 fully saturated rings. The molecule has 0 radical (unpaired) electrons. The Morgan fingerprint density at radius 3 is 2.53 bits per heavy atom. The van der Waals surface area contributed by atoms with Gasteiger partial charge in [0.15, 0.2) is 0 Å². The fourth-order valence-corrected chi connectivity index (χ4v) is 1.39. The molecule has 0 atom stereocenters. The van der Waals surface area contributed by atoms with Crippen molar-refractivity contribution in [3.05, 3.63) is 23.8 Å². The molecule has 0 bridgehead atoms. The molecule has 0 aromatic heterocycles. The van der Waals surface area contributed by atoms with Crippen molar-refractivity contribution in [2.45, 2.75) is 6.92 Å². The molecule has 0 aliphatic carbocycles.